The van der Waals surface area contributed by atoms with Gasteiger partial charge < -0.3 is 0 Å². The van der Waals surface area contributed by atoms with E-state index in [1.54, 1.807) is 36.4 Å². The summed E-state index contributed by atoms with van der Waals surface area (Å²) in [5, 5.41) is 19.8. The summed E-state index contributed by atoms with van der Waals surface area (Å²) in [6.45, 7) is 0. The molecule has 6 heteroatoms. The molecule has 2 aromatic carbocycles. The van der Waals surface area contributed by atoms with E-state index in [1.165, 1.54) is 6.07 Å². The number of carbonyl (C=O) groups is 1. The zero-order chi connectivity index (χ0) is 17.7. The molecule has 0 bridgehead atoms. The van der Waals surface area contributed by atoms with Crippen molar-refractivity contribution < 1.29 is 4.79 Å². The lowest BCUT2D eigenvalue weighted by Crippen LogP contribution is -2.15. The number of rotatable bonds is 5. The van der Waals surface area contributed by atoms with E-state index in [4.69, 9.17) is 34.8 Å². The summed E-state index contributed by atoms with van der Waals surface area (Å²) in [7, 11) is 0. The zero-order valence-corrected chi connectivity index (χ0v) is 14.6. The highest BCUT2D eigenvalue weighted by Gasteiger charge is 2.28. The average Bonchev–Trinajstić information content (AvgIpc) is 2.55. The van der Waals surface area contributed by atoms with E-state index in [2.05, 4.69) is 0 Å². The second-order valence-corrected chi connectivity index (χ2v) is 6.42. The molecular weight excluding hydrogens is 367 g/mol. The van der Waals surface area contributed by atoms with Gasteiger partial charge in [-0.15, -0.1) is 0 Å². The molecule has 2 aromatic rings. The summed E-state index contributed by atoms with van der Waals surface area (Å²) in [6.07, 6.45) is -0.0191. The molecule has 0 unspecified atom stereocenters. The molecule has 24 heavy (non-hydrogen) atoms. The highest BCUT2D eigenvalue weighted by Crippen LogP contribution is 2.35. The summed E-state index contributed by atoms with van der Waals surface area (Å²) >= 11 is 17.9. The zero-order valence-electron chi connectivity index (χ0n) is 12.3. The van der Waals surface area contributed by atoms with Gasteiger partial charge in [0.15, 0.2) is 5.78 Å². The third-order valence-corrected chi connectivity index (χ3v) is 4.43. The molecule has 3 nitrogen and oxygen atoms in total. The van der Waals surface area contributed by atoms with Crippen molar-refractivity contribution >= 4 is 40.6 Å². The molecule has 0 aliphatic rings. The molecule has 0 aliphatic heterocycles. The van der Waals surface area contributed by atoms with Crippen molar-refractivity contribution in [1.29, 1.82) is 10.5 Å². The molecule has 0 fully saturated rings. The Morgan fingerprint density at radius 3 is 2.08 bits per heavy atom. The molecule has 0 heterocycles. The van der Waals surface area contributed by atoms with Gasteiger partial charge in [-0.25, -0.2) is 0 Å². The van der Waals surface area contributed by atoms with Crippen molar-refractivity contribution in [2.75, 3.05) is 0 Å². The molecule has 0 radical (unpaired) electrons. The quantitative estimate of drug-likeness (QED) is 0.631. The maximum Gasteiger partial charge on any atom is 0.163 e. The van der Waals surface area contributed by atoms with Crippen LogP contribution in [-0.4, -0.2) is 5.78 Å². The van der Waals surface area contributed by atoms with Crippen molar-refractivity contribution in [3.8, 4) is 12.1 Å². The summed E-state index contributed by atoms with van der Waals surface area (Å²) in [5.74, 6) is -1.84. The van der Waals surface area contributed by atoms with Crippen molar-refractivity contribution in [3.05, 3.63) is 68.7 Å². The monoisotopic (exact) mass is 376 g/mol. The lowest BCUT2D eigenvalue weighted by Gasteiger charge is -2.19. The minimum atomic E-state index is -1.00. The Labute approximate surface area is 155 Å². The van der Waals surface area contributed by atoms with Crippen LogP contribution >= 0.6 is 34.8 Å². The van der Waals surface area contributed by atoms with Crippen LogP contribution in [0.1, 0.15) is 28.3 Å². The smallest absolute Gasteiger partial charge is 0.163 e. The molecule has 0 aliphatic carbocycles. The van der Waals surface area contributed by atoms with Crippen LogP contribution in [0.15, 0.2) is 42.5 Å². The van der Waals surface area contributed by atoms with Crippen molar-refractivity contribution in [2.24, 2.45) is 5.92 Å². The van der Waals surface area contributed by atoms with Gasteiger partial charge in [0.1, 0.15) is 5.92 Å². The van der Waals surface area contributed by atoms with Crippen molar-refractivity contribution in [3.63, 3.8) is 0 Å². The first kappa shape index (κ1) is 18.3. The Bertz CT molecular complexity index is 821. The molecule has 120 valence electrons. The van der Waals surface area contributed by atoms with E-state index in [9.17, 15) is 15.3 Å². The average molecular weight is 378 g/mol. The number of Topliss-reactive ketones (excluding diaryl/α,β-unsaturated/α-hetero) is 1. The lowest BCUT2D eigenvalue weighted by molar-refractivity contribution is 0.0971. The third-order valence-electron chi connectivity index (χ3n) is 3.61. The van der Waals surface area contributed by atoms with E-state index in [-0.39, 0.29) is 12.2 Å². The van der Waals surface area contributed by atoms with Crippen molar-refractivity contribution in [2.45, 2.75) is 12.3 Å². The van der Waals surface area contributed by atoms with Crippen LogP contribution in [-0.2, 0) is 0 Å². The maximum atomic E-state index is 12.5. The van der Waals surface area contributed by atoms with E-state index >= 15 is 0 Å². The van der Waals surface area contributed by atoms with Gasteiger partial charge in [-0.3, -0.25) is 4.79 Å². The molecule has 0 amide bonds. The fourth-order valence-electron chi connectivity index (χ4n) is 2.37. The Balaban J connectivity index is 2.37. The minimum Gasteiger partial charge on any atom is -0.294 e. The molecule has 0 saturated heterocycles. The number of nitrogens with zero attached hydrogens (tertiary/aromatic N) is 2. The summed E-state index contributed by atoms with van der Waals surface area (Å²) < 4.78 is 0. The maximum absolute atomic E-state index is 12.5. The van der Waals surface area contributed by atoms with E-state index in [1.807, 2.05) is 12.1 Å². The molecule has 0 N–H and O–H groups in total. The standard InChI is InChI=1S/C18H11Cl3N2O/c19-13-3-1-11(2-4-13)18(24)8-16(12(9-22)10-23)15-6-5-14(20)7-17(15)21/h1-7,12,16H,8H2/t16-/m0/s1. The fourth-order valence-corrected chi connectivity index (χ4v) is 3.05. The first-order valence-electron chi connectivity index (χ1n) is 6.99. The predicted octanol–water partition coefficient (Wildman–Crippen LogP) is 5.67. The van der Waals surface area contributed by atoms with Crippen LogP contribution in [0.5, 0.6) is 0 Å². The summed E-state index contributed by atoms with van der Waals surface area (Å²) in [6, 6.07) is 15.1. The van der Waals surface area contributed by atoms with Crippen LogP contribution < -0.4 is 0 Å². The number of carbonyl (C=O) groups excluding carboxylic acids is 1. The number of benzene rings is 2. The Morgan fingerprint density at radius 2 is 1.54 bits per heavy atom. The second kappa shape index (κ2) is 8.18. The highest BCUT2D eigenvalue weighted by atomic mass is 35.5. The second-order valence-electron chi connectivity index (χ2n) is 5.14. The largest absolute Gasteiger partial charge is 0.294 e. The van der Waals surface area contributed by atoms with Crippen LogP contribution in [0.3, 0.4) is 0 Å². The molecule has 2 rings (SSSR count). The summed E-state index contributed by atoms with van der Waals surface area (Å²) in [5.41, 5.74) is 1.01. The van der Waals surface area contributed by atoms with Crippen LogP contribution in [0.2, 0.25) is 15.1 Å². The minimum absolute atomic E-state index is 0.0191. The van der Waals surface area contributed by atoms with Gasteiger partial charge in [0.2, 0.25) is 0 Å². The SMILES string of the molecule is N#CC(C#N)[C@H](CC(=O)c1ccc(Cl)cc1)c1ccc(Cl)cc1Cl. The van der Waals surface area contributed by atoms with Gasteiger partial charge in [-0.1, -0.05) is 40.9 Å². The first-order valence-corrected chi connectivity index (χ1v) is 8.12. The molecule has 0 aromatic heterocycles. The number of nitriles is 2. The number of hydrogen-bond donors (Lipinski definition) is 0. The van der Waals surface area contributed by atoms with Gasteiger partial charge in [0.05, 0.1) is 12.1 Å². The molecular formula is C18H11Cl3N2O. The first-order chi connectivity index (χ1) is 11.5. The topological polar surface area (TPSA) is 64.7 Å². The van der Waals surface area contributed by atoms with E-state index < -0.39 is 11.8 Å². The lowest BCUT2D eigenvalue weighted by atomic mass is 9.82. The number of ketones is 1. The molecule has 1 atom stereocenters. The van der Waals surface area contributed by atoms with E-state index in [0.29, 0.717) is 26.2 Å². The van der Waals surface area contributed by atoms with E-state index in [0.717, 1.165) is 0 Å². The summed E-state index contributed by atoms with van der Waals surface area (Å²) in [4.78, 5) is 12.5. The Kier molecular flexibility index (Phi) is 6.23. The molecule has 0 spiro atoms. The fraction of sp³-hybridized carbons (Fsp3) is 0.167. The van der Waals surface area contributed by atoms with Crippen LogP contribution in [0.4, 0.5) is 0 Å². The Morgan fingerprint density at radius 1 is 0.958 bits per heavy atom. The van der Waals surface area contributed by atoms with Crippen LogP contribution in [0, 0.1) is 28.6 Å². The van der Waals surface area contributed by atoms with Crippen LogP contribution in [0.25, 0.3) is 0 Å². The van der Waals surface area contributed by atoms with Gasteiger partial charge in [0, 0.05) is 33.0 Å². The highest BCUT2D eigenvalue weighted by molar-refractivity contribution is 6.35. The van der Waals surface area contributed by atoms with Gasteiger partial charge in [-0.2, -0.15) is 10.5 Å². The predicted molar refractivity (Wildman–Crippen MR) is 94.3 cm³/mol. The van der Waals surface area contributed by atoms with Gasteiger partial charge in [-0.05, 0) is 42.0 Å². The van der Waals surface area contributed by atoms with Gasteiger partial charge >= 0.3 is 0 Å². The third kappa shape index (κ3) is 4.28. The van der Waals surface area contributed by atoms with Gasteiger partial charge in [0.25, 0.3) is 0 Å². The Hall–Kier alpha value is -2.04. The molecule has 0 saturated carbocycles. The number of hydrogen-bond acceptors (Lipinski definition) is 3. The van der Waals surface area contributed by atoms with Crippen molar-refractivity contribution in [1.82, 2.24) is 0 Å². The number of halogens is 3. The normalized spacial score (nSPS) is 11.6.